The fourth-order valence-electron chi connectivity index (χ4n) is 2.93. The standard InChI is InChI=1S/C20H23N5O4/c1-13-11-21-12-25(20(13)27)8-7-22-19(26)17-10-16(23-24(17)2)15-9-14(28-3)5-6-18(15)29-4/h5-6,9-12H,7-8H2,1-4H3,(H,22,26). The van der Waals surface area contributed by atoms with Crippen molar-refractivity contribution < 1.29 is 14.3 Å². The van der Waals surface area contributed by atoms with Gasteiger partial charge in [0, 0.05) is 37.5 Å². The van der Waals surface area contributed by atoms with E-state index in [2.05, 4.69) is 15.4 Å². The second-order valence-electron chi connectivity index (χ2n) is 6.44. The van der Waals surface area contributed by atoms with Gasteiger partial charge in [0.25, 0.3) is 11.5 Å². The molecule has 0 aliphatic carbocycles. The zero-order valence-corrected chi connectivity index (χ0v) is 16.8. The number of amides is 1. The van der Waals surface area contributed by atoms with E-state index in [1.54, 1.807) is 52.5 Å². The summed E-state index contributed by atoms with van der Waals surface area (Å²) in [6, 6.07) is 7.07. The van der Waals surface area contributed by atoms with Gasteiger partial charge in [-0.1, -0.05) is 0 Å². The Bertz CT molecular complexity index is 1090. The van der Waals surface area contributed by atoms with Gasteiger partial charge in [0.1, 0.15) is 17.2 Å². The third kappa shape index (κ3) is 4.29. The predicted octanol–water partition coefficient (Wildman–Crippen LogP) is 1.40. The minimum absolute atomic E-state index is 0.123. The molecule has 29 heavy (non-hydrogen) atoms. The van der Waals surface area contributed by atoms with Crippen LogP contribution >= 0.6 is 0 Å². The molecule has 0 saturated heterocycles. The van der Waals surface area contributed by atoms with Crippen molar-refractivity contribution in [3.63, 3.8) is 0 Å². The minimum Gasteiger partial charge on any atom is -0.497 e. The molecule has 3 aromatic rings. The Hall–Kier alpha value is -3.62. The lowest BCUT2D eigenvalue weighted by atomic mass is 10.1. The maximum absolute atomic E-state index is 12.6. The number of carbonyl (C=O) groups excluding carboxylic acids is 1. The summed E-state index contributed by atoms with van der Waals surface area (Å²) < 4.78 is 13.6. The van der Waals surface area contributed by atoms with Crippen LogP contribution < -0.4 is 20.3 Å². The van der Waals surface area contributed by atoms with Gasteiger partial charge in [0.15, 0.2) is 0 Å². The lowest BCUT2D eigenvalue weighted by molar-refractivity contribution is 0.0942. The first-order valence-electron chi connectivity index (χ1n) is 9.00. The van der Waals surface area contributed by atoms with E-state index in [1.165, 1.54) is 21.8 Å². The summed E-state index contributed by atoms with van der Waals surface area (Å²) in [5.41, 5.74) is 2.13. The van der Waals surface area contributed by atoms with Crippen LogP contribution in [0.4, 0.5) is 0 Å². The molecular weight excluding hydrogens is 374 g/mol. The van der Waals surface area contributed by atoms with Crippen LogP contribution in [-0.4, -0.2) is 46.0 Å². The van der Waals surface area contributed by atoms with E-state index < -0.39 is 0 Å². The number of carbonyl (C=O) groups is 1. The van der Waals surface area contributed by atoms with E-state index in [9.17, 15) is 9.59 Å². The molecule has 0 aliphatic heterocycles. The second kappa shape index (κ2) is 8.59. The average molecular weight is 397 g/mol. The quantitative estimate of drug-likeness (QED) is 0.647. The van der Waals surface area contributed by atoms with E-state index in [1.807, 2.05) is 0 Å². The lowest BCUT2D eigenvalue weighted by Crippen LogP contribution is -2.32. The zero-order valence-electron chi connectivity index (χ0n) is 16.8. The molecule has 0 spiro atoms. The van der Waals surface area contributed by atoms with Gasteiger partial charge in [-0.15, -0.1) is 0 Å². The van der Waals surface area contributed by atoms with Crippen LogP contribution in [0, 0.1) is 6.92 Å². The van der Waals surface area contributed by atoms with Crippen molar-refractivity contribution in [2.45, 2.75) is 13.5 Å². The van der Waals surface area contributed by atoms with Crippen LogP contribution in [0.1, 0.15) is 16.1 Å². The Labute approximate surface area is 167 Å². The third-order valence-electron chi connectivity index (χ3n) is 4.51. The fourth-order valence-corrected chi connectivity index (χ4v) is 2.93. The van der Waals surface area contributed by atoms with Crippen LogP contribution in [0.5, 0.6) is 11.5 Å². The number of methoxy groups -OCH3 is 2. The number of benzene rings is 1. The van der Waals surface area contributed by atoms with Gasteiger partial charge in [-0.25, -0.2) is 4.98 Å². The van der Waals surface area contributed by atoms with Crippen LogP contribution in [0.25, 0.3) is 11.3 Å². The first-order valence-corrected chi connectivity index (χ1v) is 9.00. The molecule has 9 nitrogen and oxygen atoms in total. The first kappa shape index (κ1) is 20.1. The van der Waals surface area contributed by atoms with Crippen LogP contribution in [0.3, 0.4) is 0 Å². The van der Waals surface area contributed by atoms with Crippen molar-refractivity contribution in [3.05, 3.63) is 58.4 Å². The Balaban J connectivity index is 1.75. The van der Waals surface area contributed by atoms with E-state index >= 15 is 0 Å². The Morgan fingerprint density at radius 1 is 1.21 bits per heavy atom. The number of aromatic nitrogens is 4. The number of hydrogen-bond donors (Lipinski definition) is 1. The van der Waals surface area contributed by atoms with E-state index in [4.69, 9.17) is 9.47 Å². The predicted molar refractivity (Wildman–Crippen MR) is 107 cm³/mol. The molecule has 0 unspecified atom stereocenters. The minimum atomic E-state index is -0.290. The maximum atomic E-state index is 12.6. The highest BCUT2D eigenvalue weighted by Crippen LogP contribution is 2.32. The molecular formula is C20H23N5O4. The van der Waals surface area contributed by atoms with Crippen LogP contribution in [0.2, 0.25) is 0 Å². The van der Waals surface area contributed by atoms with Gasteiger partial charge in [-0.05, 0) is 31.2 Å². The molecule has 9 heteroatoms. The van der Waals surface area contributed by atoms with Gasteiger partial charge in [-0.3, -0.25) is 18.8 Å². The van der Waals surface area contributed by atoms with Crippen LogP contribution in [0.15, 0.2) is 41.6 Å². The monoisotopic (exact) mass is 397 g/mol. The molecule has 3 rings (SSSR count). The first-order chi connectivity index (χ1) is 13.9. The Morgan fingerprint density at radius 2 is 2.00 bits per heavy atom. The number of nitrogens with one attached hydrogen (secondary N) is 1. The summed E-state index contributed by atoms with van der Waals surface area (Å²) in [4.78, 5) is 28.6. The molecule has 0 atom stereocenters. The summed E-state index contributed by atoms with van der Waals surface area (Å²) in [6.07, 6.45) is 2.97. The Morgan fingerprint density at radius 3 is 2.72 bits per heavy atom. The van der Waals surface area contributed by atoms with Crippen molar-refractivity contribution in [1.82, 2.24) is 24.6 Å². The number of rotatable bonds is 7. The van der Waals surface area contributed by atoms with E-state index in [0.29, 0.717) is 35.0 Å². The molecule has 0 saturated carbocycles. The van der Waals surface area contributed by atoms with Crippen molar-refractivity contribution in [2.75, 3.05) is 20.8 Å². The molecule has 1 N–H and O–H groups in total. The smallest absolute Gasteiger partial charge is 0.269 e. The van der Waals surface area contributed by atoms with Gasteiger partial charge >= 0.3 is 0 Å². The number of aryl methyl sites for hydroxylation is 2. The Kier molecular flexibility index (Phi) is 5.96. The number of ether oxygens (including phenoxy) is 2. The molecule has 1 aromatic carbocycles. The average Bonchev–Trinajstić information content (AvgIpc) is 3.12. The lowest BCUT2D eigenvalue weighted by Gasteiger charge is -2.08. The van der Waals surface area contributed by atoms with Crippen molar-refractivity contribution in [2.24, 2.45) is 7.05 Å². The highest BCUT2D eigenvalue weighted by molar-refractivity contribution is 5.93. The number of nitrogens with zero attached hydrogens (tertiary/aromatic N) is 4. The maximum Gasteiger partial charge on any atom is 0.269 e. The highest BCUT2D eigenvalue weighted by atomic mass is 16.5. The highest BCUT2D eigenvalue weighted by Gasteiger charge is 2.17. The van der Waals surface area contributed by atoms with Gasteiger partial charge in [0.2, 0.25) is 0 Å². The normalized spacial score (nSPS) is 10.6. The SMILES string of the molecule is COc1ccc(OC)c(-c2cc(C(=O)NCCn3cncc(C)c3=O)n(C)n2)c1. The summed E-state index contributed by atoms with van der Waals surface area (Å²) >= 11 is 0. The molecule has 0 bridgehead atoms. The van der Waals surface area contributed by atoms with Crippen molar-refractivity contribution in [1.29, 1.82) is 0 Å². The summed E-state index contributed by atoms with van der Waals surface area (Å²) in [5, 5.41) is 7.24. The second-order valence-corrected chi connectivity index (χ2v) is 6.44. The molecule has 1 amide bonds. The van der Waals surface area contributed by atoms with Crippen molar-refractivity contribution in [3.8, 4) is 22.8 Å². The van der Waals surface area contributed by atoms with E-state index in [0.717, 1.165) is 5.56 Å². The van der Waals surface area contributed by atoms with Gasteiger partial charge in [-0.2, -0.15) is 5.10 Å². The van der Waals surface area contributed by atoms with Gasteiger partial charge < -0.3 is 14.8 Å². The molecule has 0 fully saturated rings. The molecule has 2 aromatic heterocycles. The zero-order chi connectivity index (χ0) is 21.0. The largest absolute Gasteiger partial charge is 0.497 e. The number of hydrogen-bond acceptors (Lipinski definition) is 6. The van der Waals surface area contributed by atoms with Gasteiger partial charge in [0.05, 0.1) is 26.2 Å². The van der Waals surface area contributed by atoms with E-state index in [-0.39, 0.29) is 18.0 Å². The van der Waals surface area contributed by atoms with Crippen molar-refractivity contribution >= 4 is 5.91 Å². The summed E-state index contributed by atoms with van der Waals surface area (Å²) in [7, 11) is 4.85. The summed E-state index contributed by atoms with van der Waals surface area (Å²) in [5.74, 6) is 0.999. The topological polar surface area (TPSA) is 100 Å². The summed E-state index contributed by atoms with van der Waals surface area (Å²) in [6.45, 7) is 2.31. The molecule has 152 valence electrons. The molecule has 0 aliphatic rings. The third-order valence-corrected chi connectivity index (χ3v) is 4.51. The fraction of sp³-hybridized carbons (Fsp3) is 0.300. The molecule has 2 heterocycles. The van der Waals surface area contributed by atoms with Crippen LogP contribution in [-0.2, 0) is 13.6 Å². The molecule has 0 radical (unpaired) electrons.